The largest absolute Gasteiger partial charge is 0.392 e. The summed E-state index contributed by atoms with van der Waals surface area (Å²) in [5.41, 5.74) is -0.975. The Hall–Kier alpha value is -0.120. The van der Waals surface area contributed by atoms with Crippen molar-refractivity contribution in [3.8, 4) is 0 Å². The second kappa shape index (κ2) is 5.01. The van der Waals surface area contributed by atoms with Gasteiger partial charge in [0.25, 0.3) is 0 Å². The van der Waals surface area contributed by atoms with Crippen LogP contribution in [0.1, 0.15) is 53.4 Å². The van der Waals surface area contributed by atoms with Gasteiger partial charge in [-0.1, -0.05) is 13.8 Å². The van der Waals surface area contributed by atoms with E-state index in [0.717, 1.165) is 25.7 Å². The fraction of sp³-hybridized carbons (Fsp3) is 1.00. The average Bonchev–Trinajstić information content (AvgIpc) is 2.58. The molecule has 2 rings (SSSR count). The smallest absolute Gasteiger partial charge is 0.0683 e. The summed E-state index contributed by atoms with van der Waals surface area (Å²) in [4.78, 5) is 0. The minimum Gasteiger partial charge on any atom is -0.392 e. The molecule has 0 radical (unpaired) electrons. The van der Waals surface area contributed by atoms with E-state index in [4.69, 9.17) is 4.74 Å². The van der Waals surface area contributed by atoms with Crippen molar-refractivity contribution in [1.82, 2.24) is 0 Å². The third-order valence-electron chi connectivity index (χ3n) is 6.00. The lowest BCUT2D eigenvalue weighted by Gasteiger charge is -2.40. The third kappa shape index (κ3) is 2.45. The maximum Gasteiger partial charge on any atom is 0.0683 e. The van der Waals surface area contributed by atoms with Crippen molar-refractivity contribution in [2.24, 2.45) is 23.7 Å². The molecule has 0 aromatic carbocycles. The van der Waals surface area contributed by atoms with Crippen LogP contribution in [0.4, 0.5) is 0 Å². The molecule has 6 atom stereocenters. The Morgan fingerprint density at radius 1 is 1.16 bits per heavy atom. The molecule has 112 valence electrons. The van der Waals surface area contributed by atoms with Crippen LogP contribution in [0.3, 0.4) is 0 Å². The summed E-state index contributed by atoms with van der Waals surface area (Å²) in [6.45, 7) is 8.38. The van der Waals surface area contributed by atoms with Gasteiger partial charge in [0.15, 0.2) is 0 Å². The highest BCUT2D eigenvalue weighted by atomic mass is 16.5. The third-order valence-corrected chi connectivity index (χ3v) is 6.00. The summed E-state index contributed by atoms with van der Waals surface area (Å²) < 4.78 is 5.82. The molecular weight excluding hydrogens is 240 g/mol. The molecule has 0 spiro atoms. The molecule has 0 heterocycles. The number of aliphatic hydroxyl groups is 2. The molecule has 0 aromatic rings. The summed E-state index contributed by atoms with van der Waals surface area (Å²) >= 11 is 0. The molecule has 0 aliphatic heterocycles. The maximum atomic E-state index is 10.8. The van der Waals surface area contributed by atoms with Gasteiger partial charge in [0.1, 0.15) is 0 Å². The fourth-order valence-corrected chi connectivity index (χ4v) is 4.58. The van der Waals surface area contributed by atoms with Gasteiger partial charge in [-0.2, -0.15) is 0 Å². The molecule has 0 bridgehead atoms. The summed E-state index contributed by atoms with van der Waals surface area (Å²) in [6.07, 6.45) is 3.25. The van der Waals surface area contributed by atoms with Gasteiger partial charge in [0, 0.05) is 13.0 Å². The van der Waals surface area contributed by atoms with Crippen LogP contribution in [-0.2, 0) is 4.74 Å². The molecule has 0 saturated heterocycles. The van der Waals surface area contributed by atoms with Crippen LogP contribution in [0.15, 0.2) is 0 Å². The first-order valence-electron chi connectivity index (χ1n) is 7.68. The number of hydrogen-bond acceptors (Lipinski definition) is 3. The van der Waals surface area contributed by atoms with Gasteiger partial charge in [-0.05, 0) is 57.3 Å². The monoisotopic (exact) mass is 270 g/mol. The van der Waals surface area contributed by atoms with Gasteiger partial charge < -0.3 is 14.9 Å². The Balaban J connectivity index is 2.38. The quantitative estimate of drug-likeness (QED) is 0.811. The van der Waals surface area contributed by atoms with E-state index in [0.29, 0.717) is 5.92 Å². The SMILES string of the molecule is COC1(C)CC[C@@H](C(C)C)[C@@H](O)[C@H]2[C@H]1CC[C@]2(C)O. The molecule has 1 unspecified atom stereocenters. The topological polar surface area (TPSA) is 49.7 Å². The number of hydrogen-bond donors (Lipinski definition) is 2. The Bertz CT molecular complexity index is 326. The molecule has 2 fully saturated rings. The number of rotatable bonds is 2. The Labute approximate surface area is 117 Å². The molecule has 2 aliphatic rings. The van der Waals surface area contributed by atoms with Crippen molar-refractivity contribution in [1.29, 1.82) is 0 Å². The number of aliphatic hydroxyl groups excluding tert-OH is 1. The summed E-state index contributed by atoms with van der Waals surface area (Å²) in [5, 5.41) is 21.5. The summed E-state index contributed by atoms with van der Waals surface area (Å²) in [7, 11) is 1.77. The van der Waals surface area contributed by atoms with E-state index in [2.05, 4.69) is 20.8 Å². The molecule has 0 aromatic heterocycles. The lowest BCUT2D eigenvalue weighted by molar-refractivity contribution is -0.111. The zero-order chi connectivity index (χ0) is 14.4. The summed E-state index contributed by atoms with van der Waals surface area (Å²) in [5.74, 6) is 0.888. The van der Waals surface area contributed by atoms with Crippen LogP contribution in [-0.4, -0.2) is 34.6 Å². The molecule has 2 saturated carbocycles. The molecule has 3 nitrogen and oxygen atoms in total. The highest BCUT2D eigenvalue weighted by Gasteiger charge is 2.57. The van der Waals surface area contributed by atoms with E-state index in [1.165, 1.54) is 0 Å². The molecular formula is C16H30O3. The van der Waals surface area contributed by atoms with Crippen LogP contribution in [0.5, 0.6) is 0 Å². The van der Waals surface area contributed by atoms with Gasteiger partial charge in [-0.25, -0.2) is 0 Å². The van der Waals surface area contributed by atoms with E-state index in [1.54, 1.807) is 7.11 Å². The average molecular weight is 270 g/mol. The zero-order valence-electron chi connectivity index (χ0n) is 13.0. The second-order valence-electron chi connectivity index (χ2n) is 7.48. The van der Waals surface area contributed by atoms with Crippen molar-refractivity contribution in [2.45, 2.75) is 70.7 Å². The van der Waals surface area contributed by atoms with Crippen LogP contribution in [0.2, 0.25) is 0 Å². The fourth-order valence-electron chi connectivity index (χ4n) is 4.58. The lowest BCUT2D eigenvalue weighted by atomic mass is 9.73. The zero-order valence-corrected chi connectivity index (χ0v) is 13.0. The van der Waals surface area contributed by atoms with Crippen molar-refractivity contribution < 1.29 is 14.9 Å². The van der Waals surface area contributed by atoms with Crippen LogP contribution in [0.25, 0.3) is 0 Å². The first-order valence-corrected chi connectivity index (χ1v) is 7.68. The van der Waals surface area contributed by atoms with Gasteiger partial charge >= 0.3 is 0 Å². The highest BCUT2D eigenvalue weighted by Crippen LogP contribution is 2.53. The van der Waals surface area contributed by atoms with Crippen molar-refractivity contribution >= 4 is 0 Å². The van der Waals surface area contributed by atoms with E-state index in [1.807, 2.05) is 6.92 Å². The molecule has 2 aliphatic carbocycles. The lowest BCUT2D eigenvalue weighted by Crippen LogP contribution is -2.48. The van der Waals surface area contributed by atoms with Gasteiger partial charge in [-0.15, -0.1) is 0 Å². The van der Waals surface area contributed by atoms with Crippen LogP contribution >= 0.6 is 0 Å². The minimum absolute atomic E-state index is 0.0626. The molecule has 2 N–H and O–H groups in total. The van der Waals surface area contributed by atoms with Crippen LogP contribution < -0.4 is 0 Å². The Morgan fingerprint density at radius 2 is 1.79 bits per heavy atom. The van der Waals surface area contributed by atoms with E-state index >= 15 is 0 Å². The van der Waals surface area contributed by atoms with Gasteiger partial charge in [-0.3, -0.25) is 0 Å². The normalized spacial score (nSPS) is 51.2. The maximum absolute atomic E-state index is 10.8. The highest BCUT2D eigenvalue weighted by molar-refractivity contribution is 5.07. The number of ether oxygens (including phenoxy) is 1. The first kappa shape index (κ1) is 15.3. The number of fused-ring (bicyclic) bond motifs is 1. The second-order valence-corrected chi connectivity index (χ2v) is 7.48. The predicted octanol–water partition coefficient (Wildman–Crippen LogP) is 2.60. The van der Waals surface area contributed by atoms with Crippen molar-refractivity contribution in [2.75, 3.05) is 7.11 Å². The van der Waals surface area contributed by atoms with E-state index in [-0.39, 0.29) is 23.4 Å². The molecule has 19 heavy (non-hydrogen) atoms. The predicted molar refractivity (Wildman–Crippen MR) is 75.8 cm³/mol. The standard InChI is InChI=1S/C16H30O3/c1-10(2)11-6-9-16(4,19-5)12-7-8-15(3,18)13(12)14(11)17/h10-14,17-18H,6-9H2,1-5H3/t11-,12+,13+,14+,15-,16?/m0/s1. The summed E-state index contributed by atoms with van der Waals surface area (Å²) in [6, 6.07) is 0. The van der Waals surface area contributed by atoms with Crippen molar-refractivity contribution in [3.63, 3.8) is 0 Å². The van der Waals surface area contributed by atoms with Gasteiger partial charge in [0.2, 0.25) is 0 Å². The van der Waals surface area contributed by atoms with Crippen molar-refractivity contribution in [3.05, 3.63) is 0 Å². The minimum atomic E-state index is -0.763. The first-order chi connectivity index (χ1) is 8.73. The molecule has 0 amide bonds. The molecule has 3 heteroatoms. The van der Waals surface area contributed by atoms with Crippen LogP contribution in [0, 0.1) is 23.7 Å². The Kier molecular flexibility index (Phi) is 4.03. The van der Waals surface area contributed by atoms with E-state index < -0.39 is 11.7 Å². The van der Waals surface area contributed by atoms with E-state index in [9.17, 15) is 10.2 Å². The number of methoxy groups -OCH3 is 1. The Morgan fingerprint density at radius 3 is 2.32 bits per heavy atom. The van der Waals surface area contributed by atoms with Gasteiger partial charge in [0.05, 0.1) is 17.3 Å².